The average Bonchev–Trinajstić information content (AvgIpc) is 0.848. The second-order valence-electron chi connectivity index (χ2n) is 26.7. The third kappa shape index (κ3) is 21.3. The lowest BCUT2D eigenvalue weighted by atomic mass is 9.83. The van der Waals surface area contributed by atoms with Crippen molar-refractivity contribution in [1.82, 2.24) is 41.7 Å². The van der Waals surface area contributed by atoms with Crippen LogP contribution in [0.25, 0.3) is 0 Å². The molecule has 21 heteroatoms. The summed E-state index contributed by atoms with van der Waals surface area (Å²) in [6.45, 7) is 11.9. The van der Waals surface area contributed by atoms with Gasteiger partial charge in [0.2, 0.25) is 35.4 Å². The summed E-state index contributed by atoms with van der Waals surface area (Å²) in [5.41, 5.74) is 5.39. The molecule has 0 aromatic heterocycles. The zero-order valence-corrected chi connectivity index (χ0v) is 58.1. The molecule has 0 saturated heterocycles. The van der Waals surface area contributed by atoms with Crippen LogP contribution < -0.4 is 41.4 Å². The first-order valence-electron chi connectivity index (χ1n) is 34.6. The summed E-state index contributed by atoms with van der Waals surface area (Å²) in [7, 11) is 3.10. The predicted octanol–water partition coefficient (Wildman–Crippen LogP) is 7.57. The van der Waals surface area contributed by atoms with Gasteiger partial charge in [0.1, 0.15) is 59.9 Å². The van der Waals surface area contributed by atoms with Crippen LogP contribution in [0.3, 0.4) is 0 Å². The number of amides is 6. The van der Waals surface area contributed by atoms with Crippen molar-refractivity contribution in [1.29, 1.82) is 0 Å². The zero-order chi connectivity index (χ0) is 71.3. The number of aromatic hydroxyl groups is 2. The summed E-state index contributed by atoms with van der Waals surface area (Å²) in [6.07, 6.45) is 6.11. The quantitative estimate of drug-likeness (QED) is 0.0566. The summed E-state index contributed by atoms with van der Waals surface area (Å²) in [4.78, 5) is 111. The van der Waals surface area contributed by atoms with Crippen molar-refractivity contribution in [2.75, 3.05) is 40.3 Å². The van der Waals surface area contributed by atoms with Crippen LogP contribution in [0.2, 0.25) is 0 Å². The van der Waals surface area contributed by atoms with Gasteiger partial charge in [-0.05, 0) is 112 Å². The predicted molar refractivity (Wildman–Crippen MR) is 378 cm³/mol. The number of carbonyl (C=O) groups excluding carboxylic acids is 8. The number of aliphatic hydroxyl groups is 1. The number of ketones is 2. The lowest BCUT2D eigenvalue weighted by Gasteiger charge is -2.35. The monoisotopic (exact) mass is 1350 g/mol. The first-order chi connectivity index (χ1) is 47.4. The molecule has 1 aliphatic carbocycles. The van der Waals surface area contributed by atoms with Gasteiger partial charge in [0.05, 0.1) is 18.2 Å². The minimum absolute atomic E-state index is 0.0623. The van der Waals surface area contributed by atoms with E-state index in [9.17, 15) is 53.7 Å². The number of phenolic OH excluding ortho intramolecular Hbond substituents is 2. The Hall–Kier alpha value is -9.44. The van der Waals surface area contributed by atoms with Crippen molar-refractivity contribution in [3.8, 4) is 23.0 Å². The van der Waals surface area contributed by atoms with Gasteiger partial charge in [-0.15, -0.1) is 0 Å². The van der Waals surface area contributed by atoms with Gasteiger partial charge in [0.25, 0.3) is 0 Å². The van der Waals surface area contributed by atoms with Crippen LogP contribution >= 0.6 is 0 Å². The molecule has 6 aromatic carbocycles. The molecule has 0 bridgehead atoms. The second kappa shape index (κ2) is 36.4. The molecule has 9 atom stereocenters. The van der Waals surface area contributed by atoms with Gasteiger partial charge >= 0.3 is 0 Å². The van der Waals surface area contributed by atoms with Crippen molar-refractivity contribution in [3.05, 3.63) is 190 Å². The number of aliphatic hydroxyl groups excluding tert-OH is 1. The average molecular weight is 1360 g/mol. The molecule has 6 aromatic rings. The van der Waals surface area contributed by atoms with Crippen LogP contribution in [-0.4, -0.2) is 167 Å². The van der Waals surface area contributed by atoms with Crippen molar-refractivity contribution < 1.29 is 63.1 Å². The van der Waals surface area contributed by atoms with Crippen LogP contribution in [0.1, 0.15) is 141 Å². The van der Waals surface area contributed by atoms with Gasteiger partial charge in [-0.1, -0.05) is 154 Å². The number of rotatable bonds is 11. The molecule has 1 unspecified atom stereocenters. The molecule has 9 rings (SSSR count). The van der Waals surface area contributed by atoms with E-state index in [0.717, 1.165) is 48.8 Å². The van der Waals surface area contributed by atoms with Crippen molar-refractivity contribution >= 4 is 47.0 Å². The van der Waals surface area contributed by atoms with E-state index < -0.39 is 66.0 Å². The molecule has 6 amide bonds. The number of fused-ring (bicyclic) bond motifs is 2. The van der Waals surface area contributed by atoms with Crippen LogP contribution in [0.15, 0.2) is 146 Å². The summed E-state index contributed by atoms with van der Waals surface area (Å²) in [6, 6.07) is 36.3. The normalized spacial score (nSPS) is 22.8. The minimum Gasteiger partial charge on any atom is -0.508 e. The van der Waals surface area contributed by atoms with Gasteiger partial charge in [-0.25, -0.2) is 0 Å². The molecule has 9 N–H and O–H groups in total. The van der Waals surface area contributed by atoms with E-state index in [4.69, 9.17) is 9.47 Å². The van der Waals surface area contributed by atoms with E-state index in [2.05, 4.69) is 31.9 Å². The van der Waals surface area contributed by atoms with Crippen LogP contribution in [-0.2, 0) is 54.5 Å². The smallest absolute Gasteiger partial charge is 0.246 e. The molecular weight excluding hydrogens is 1260 g/mol. The van der Waals surface area contributed by atoms with E-state index in [1.165, 1.54) is 23.8 Å². The Bertz CT molecular complexity index is 3700. The number of ether oxygens (including phenoxy) is 2. The van der Waals surface area contributed by atoms with E-state index >= 15 is 0 Å². The lowest BCUT2D eigenvalue weighted by Crippen LogP contribution is -2.61. The van der Waals surface area contributed by atoms with Crippen LogP contribution in [0.5, 0.6) is 23.0 Å². The third-order valence-electron chi connectivity index (χ3n) is 18.7. The molecular formula is C78H98N8O13. The summed E-state index contributed by atoms with van der Waals surface area (Å²) in [5.74, 6) is -1.48. The number of nitrogens with zero attached hydrogens (tertiary/aromatic N) is 2. The van der Waals surface area contributed by atoms with Gasteiger partial charge in [0, 0.05) is 87.0 Å². The van der Waals surface area contributed by atoms with Crippen LogP contribution in [0, 0.1) is 11.8 Å². The fraction of sp³-hybridized carbons (Fsp3) is 0.436. The Morgan fingerprint density at radius 2 is 1.07 bits per heavy atom. The summed E-state index contributed by atoms with van der Waals surface area (Å²) < 4.78 is 12.3. The Morgan fingerprint density at radius 1 is 0.545 bits per heavy atom. The fourth-order valence-corrected chi connectivity index (χ4v) is 12.8. The first kappa shape index (κ1) is 75.3. The van der Waals surface area contributed by atoms with Gasteiger partial charge in [0.15, 0.2) is 11.6 Å². The number of nitrogens with one attached hydrogen (secondary N) is 6. The molecule has 2 aliphatic heterocycles. The number of phenols is 2. The van der Waals surface area contributed by atoms with E-state index in [-0.39, 0.29) is 78.3 Å². The Kier molecular flexibility index (Phi) is 27.7. The number of aryl methyl sites for hydroxylation is 2. The molecule has 1 saturated carbocycles. The van der Waals surface area contributed by atoms with Crippen molar-refractivity contribution in [2.45, 2.75) is 167 Å². The zero-order valence-electron chi connectivity index (χ0n) is 58.1. The maximum atomic E-state index is 14.1. The Labute approximate surface area is 581 Å². The maximum Gasteiger partial charge on any atom is 0.246 e. The Morgan fingerprint density at radius 3 is 1.63 bits per heavy atom. The van der Waals surface area contributed by atoms with E-state index in [1.807, 2.05) is 58.0 Å². The van der Waals surface area contributed by atoms with E-state index in [0.29, 0.717) is 84.6 Å². The number of hydrogen-bond donors (Lipinski definition) is 9. The standard InChI is InChI=1S/C40H50N4O6.C38H48N4O7/c1-26-25-42-36(30-11-6-4-7-12-30)40(49)44(3)27(2)38(47)43-34(39(48)41-22-10-15-29-20-21-33(45)24-35(29)50-26)23-28-16-18-32(19-17-28)37(46)31-13-8-5-9-14-31;1-23(2)33-38(48)42(5)34(25(4)43)37(47)41-31(21-26-12-15-29(16-13-26)35(45)28-9-7-6-8-10-28)36(46)40-24(3)11-14-27-17-18-30(44)22-32(27)49-20-19-39-33/h5,8-9,13-14,16-21,24,26-27,30,34,36,42,45H,4,6-7,10-12,15,22-23,25H2,1-3H3,(H,41,48)(H,43,47);6-10,12-13,15-18,22-25,31,33-34,39,43-44H,11,14,19-21H2,1-5H3,(H,40,46)(H,41,47)/t26-,27-,34-,36+;24-,25?,31-,33+,34+/m11/s1. The van der Waals surface area contributed by atoms with Gasteiger partial charge in [-0.3, -0.25) is 38.4 Å². The molecule has 3 aliphatic rings. The molecule has 0 spiro atoms. The number of benzene rings is 6. The maximum absolute atomic E-state index is 14.1. The van der Waals surface area contributed by atoms with Crippen molar-refractivity contribution in [2.24, 2.45) is 11.8 Å². The number of likely N-dealkylation sites (N-methyl/N-ethyl adjacent to an activating group) is 2. The van der Waals surface area contributed by atoms with Gasteiger partial charge in [-0.2, -0.15) is 0 Å². The third-order valence-corrected chi connectivity index (χ3v) is 18.7. The van der Waals surface area contributed by atoms with Crippen molar-refractivity contribution in [3.63, 3.8) is 0 Å². The minimum atomic E-state index is -1.28. The highest BCUT2D eigenvalue weighted by atomic mass is 16.5. The summed E-state index contributed by atoms with van der Waals surface area (Å²) in [5, 5.41) is 49.5. The topological polar surface area (TPSA) is 294 Å². The molecule has 0 radical (unpaired) electrons. The SMILES string of the molecule is CC(C)[C@@H]1NCCOc2cc(O)ccc2CC[C@@H](C)NC(=O)[C@@H](Cc2ccc(C(=O)c3ccccc3)cc2)NC(=O)[C@H](C(C)O)N(C)C1=O.C[C@@H]1CN[C@@H](C2CCCCC2)C(=O)N(C)[C@H](C)C(=O)N[C@H](Cc2ccc(C(=O)c3ccccc3)cc2)C(=O)NCCCc2ccc(O)cc2O1. The lowest BCUT2D eigenvalue weighted by molar-refractivity contribution is -0.145. The molecule has 99 heavy (non-hydrogen) atoms. The molecule has 21 nitrogen and oxygen atoms in total. The highest BCUT2D eigenvalue weighted by Crippen LogP contribution is 2.31. The van der Waals surface area contributed by atoms with Crippen LogP contribution in [0.4, 0.5) is 0 Å². The highest BCUT2D eigenvalue weighted by Gasteiger charge is 2.39. The Balaban J connectivity index is 0.000000252. The number of carbonyl (C=O) groups is 8. The largest absolute Gasteiger partial charge is 0.508 e. The molecule has 2 heterocycles. The summed E-state index contributed by atoms with van der Waals surface area (Å²) >= 11 is 0. The first-order valence-corrected chi connectivity index (χ1v) is 34.6. The highest BCUT2D eigenvalue weighted by molar-refractivity contribution is 6.09. The molecule has 528 valence electrons. The second-order valence-corrected chi connectivity index (χ2v) is 26.7. The fourth-order valence-electron chi connectivity index (χ4n) is 12.8. The molecule has 1 fully saturated rings. The number of hydrogen-bond acceptors (Lipinski definition) is 15. The van der Waals surface area contributed by atoms with Gasteiger partial charge < -0.3 is 66.5 Å². The van der Waals surface area contributed by atoms with E-state index in [1.54, 1.807) is 129 Å².